The van der Waals surface area contributed by atoms with Crippen molar-refractivity contribution in [2.75, 3.05) is 26.2 Å². The number of piperidine rings is 1. The summed E-state index contributed by atoms with van der Waals surface area (Å²) in [6.07, 6.45) is 7.11. The lowest BCUT2D eigenvalue weighted by Crippen LogP contribution is -2.44. The molecule has 3 aromatic heterocycles. The summed E-state index contributed by atoms with van der Waals surface area (Å²) >= 11 is 0. The van der Waals surface area contributed by atoms with Gasteiger partial charge in [-0.25, -0.2) is 9.98 Å². The molecule has 1 aliphatic rings. The largest absolute Gasteiger partial charge is 0.468 e. The van der Waals surface area contributed by atoms with Crippen LogP contribution in [0, 0.1) is 0 Å². The SMILES string of the molecule is CCNC(=NCc1nc(-c2ccco2)n[nH]1)NCC(c1ccco1)N1CCCCC1.I. The maximum absolute atomic E-state index is 5.73. The Morgan fingerprint density at radius 2 is 1.97 bits per heavy atom. The molecule has 168 valence electrons. The van der Waals surface area contributed by atoms with E-state index in [1.54, 1.807) is 12.5 Å². The van der Waals surface area contributed by atoms with E-state index in [0.29, 0.717) is 30.5 Å². The third-order valence-electron chi connectivity index (χ3n) is 5.17. The molecule has 10 heteroatoms. The van der Waals surface area contributed by atoms with Crippen molar-refractivity contribution in [3.8, 4) is 11.6 Å². The zero-order valence-electron chi connectivity index (χ0n) is 17.7. The predicted molar refractivity (Wildman–Crippen MR) is 129 cm³/mol. The van der Waals surface area contributed by atoms with Crippen LogP contribution in [-0.4, -0.2) is 52.2 Å². The first-order valence-electron chi connectivity index (χ1n) is 10.6. The van der Waals surface area contributed by atoms with Crippen molar-refractivity contribution in [3.63, 3.8) is 0 Å². The van der Waals surface area contributed by atoms with E-state index < -0.39 is 0 Å². The van der Waals surface area contributed by atoms with E-state index in [4.69, 9.17) is 8.83 Å². The van der Waals surface area contributed by atoms with Crippen LogP contribution in [0.4, 0.5) is 0 Å². The Hall–Kier alpha value is -2.34. The summed E-state index contributed by atoms with van der Waals surface area (Å²) in [5.41, 5.74) is 0. The Morgan fingerprint density at radius 1 is 1.16 bits per heavy atom. The highest BCUT2D eigenvalue weighted by molar-refractivity contribution is 14.0. The highest BCUT2D eigenvalue weighted by Crippen LogP contribution is 2.24. The third kappa shape index (κ3) is 6.33. The topological polar surface area (TPSA) is 108 Å². The molecule has 0 saturated carbocycles. The minimum Gasteiger partial charge on any atom is -0.468 e. The molecular weight excluding hydrogens is 509 g/mol. The van der Waals surface area contributed by atoms with Crippen LogP contribution in [0.1, 0.15) is 43.8 Å². The van der Waals surface area contributed by atoms with E-state index in [2.05, 4.69) is 48.7 Å². The summed E-state index contributed by atoms with van der Waals surface area (Å²) in [7, 11) is 0. The number of rotatable bonds is 8. The lowest BCUT2D eigenvalue weighted by molar-refractivity contribution is 0.146. The molecule has 0 bridgehead atoms. The molecule has 9 nitrogen and oxygen atoms in total. The van der Waals surface area contributed by atoms with E-state index in [0.717, 1.165) is 31.4 Å². The number of hydrogen-bond donors (Lipinski definition) is 3. The van der Waals surface area contributed by atoms with E-state index in [1.165, 1.54) is 19.3 Å². The van der Waals surface area contributed by atoms with E-state index >= 15 is 0 Å². The van der Waals surface area contributed by atoms with E-state index in [-0.39, 0.29) is 30.0 Å². The second-order valence-electron chi connectivity index (χ2n) is 7.29. The van der Waals surface area contributed by atoms with Crippen molar-refractivity contribution >= 4 is 29.9 Å². The summed E-state index contributed by atoms with van der Waals surface area (Å²) in [6.45, 7) is 6.11. The maximum atomic E-state index is 5.73. The van der Waals surface area contributed by atoms with Crippen molar-refractivity contribution in [1.29, 1.82) is 0 Å². The number of guanidine groups is 1. The average Bonchev–Trinajstić information content (AvgIpc) is 3.55. The highest BCUT2D eigenvalue weighted by Gasteiger charge is 2.24. The third-order valence-corrected chi connectivity index (χ3v) is 5.17. The van der Waals surface area contributed by atoms with Crippen LogP contribution < -0.4 is 10.6 Å². The van der Waals surface area contributed by atoms with Crippen LogP contribution in [0.3, 0.4) is 0 Å². The molecule has 1 saturated heterocycles. The Morgan fingerprint density at radius 3 is 2.68 bits per heavy atom. The summed E-state index contributed by atoms with van der Waals surface area (Å²) in [4.78, 5) is 11.6. The zero-order valence-corrected chi connectivity index (χ0v) is 20.0. The number of nitrogens with one attached hydrogen (secondary N) is 3. The first kappa shape index (κ1) is 23.3. The van der Waals surface area contributed by atoms with Gasteiger partial charge in [0.2, 0.25) is 5.82 Å². The maximum Gasteiger partial charge on any atom is 0.216 e. The number of hydrogen-bond acceptors (Lipinski definition) is 6. The van der Waals surface area contributed by atoms with Crippen LogP contribution in [-0.2, 0) is 6.54 Å². The molecule has 1 unspecified atom stereocenters. The molecule has 0 aliphatic carbocycles. The minimum atomic E-state index is 0. The van der Waals surface area contributed by atoms with Gasteiger partial charge in [0.1, 0.15) is 18.1 Å². The van der Waals surface area contributed by atoms with Crippen LogP contribution in [0.5, 0.6) is 0 Å². The molecule has 1 fully saturated rings. The highest BCUT2D eigenvalue weighted by atomic mass is 127. The second-order valence-corrected chi connectivity index (χ2v) is 7.29. The zero-order chi connectivity index (χ0) is 20.6. The fraction of sp³-hybridized carbons (Fsp3) is 0.476. The number of furan rings is 2. The molecular formula is C21H30IN7O2. The number of halogens is 1. The fourth-order valence-electron chi connectivity index (χ4n) is 3.69. The van der Waals surface area contributed by atoms with Crippen molar-refractivity contribution in [2.45, 2.75) is 38.8 Å². The molecule has 3 aromatic rings. The van der Waals surface area contributed by atoms with Crippen molar-refractivity contribution in [2.24, 2.45) is 4.99 Å². The number of aliphatic imine (C=N–C) groups is 1. The molecule has 1 aliphatic heterocycles. The van der Waals surface area contributed by atoms with Gasteiger partial charge >= 0.3 is 0 Å². The average molecular weight is 539 g/mol. The molecule has 0 spiro atoms. The quantitative estimate of drug-likeness (QED) is 0.228. The van der Waals surface area contributed by atoms with Gasteiger partial charge in [-0.1, -0.05) is 6.42 Å². The van der Waals surface area contributed by atoms with Crippen LogP contribution in [0.25, 0.3) is 11.6 Å². The molecule has 0 amide bonds. The minimum absolute atomic E-state index is 0. The first-order chi connectivity index (χ1) is 14.8. The Bertz CT molecular complexity index is 902. The molecule has 31 heavy (non-hydrogen) atoms. The summed E-state index contributed by atoms with van der Waals surface area (Å²) in [5.74, 6) is 3.57. The fourth-order valence-corrected chi connectivity index (χ4v) is 3.69. The van der Waals surface area contributed by atoms with E-state index in [9.17, 15) is 0 Å². The van der Waals surface area contributed by atoms with Gasteiger partial charge in [0, 0.05) is 13.1 Å². The molecule has 1 atom stereocenters. The van der Waals surface area contributed by atoms with Crippen LogP contribution in [0.2, 0.25) is 0 Å². The van der Waals surface area contributed by atoms with Crippen molar-refractivity contribution < 1.29 is 8.83 Å². The number of likely N-dealkylation sites (tertiary alicyclic amines) is 1. The van der Waals surface area contributed by atoms with Gasteiger partial charge in [-0.15, -0.1) is 29.1 Å². The Labute approximate surface area is 199 Å². The predicted octanol–water partition coefficient (Wildman–Crippen LogP) is 3.56. The lowest BCUT2D eigenvalue weighted by Gasteiger charge is -2.33. The van der Waals surface area contributed by atoms with Gasteiger partial charge in [-0.05, 0) is 57.1 Å². The number of H-pyrrole nitrogens is 1. The molecule has 0 aromatic carbocycles. The van der Waals surface area contributed by atoms with Crippen molar-refractivity contribution in [3.05, 3.63) is 48.4 Å². The van der Waals surface area contributed by atoms with Crippen LogP contribution >= 0.6 is 24.0 Å². The standard InChI is InChI=1S/C21H29N7O2.HI/c1-2-22-21(24-15-19-25-20(27-26-19)18-9-7-13-30-18)23-14-16(17-8-6-12-29-17)28-10-4-3-5-11-28;/h6-9,12-13,16H,2-5,10-11,14-15H2,1H3,(H2,22,23,24)(H,25,26,27);1H. The summed E-state index contributed by atoms with van der Waals surface area (Å²) in [5, 5.41) is 13.9. The monoisotopic (exact) mass is 539 g/mol. The second kappa shape index (κ2) is 11.9. The smallest absolute Gasteiger partial charge is 0.216 e. The Kier molecular flexibility index (Phi) is 8.95. The normalized spacial score (nSPS) is 16.0. The van der Waals surface area contributed by atoms with Gasteiger partial charge in [0.05, 0.1) is 18.6 Å². The van der Waals surface area contributed by atoms with E-state index in [1.807, 2.05) is 18.2 Å². The van der Waals surface area contributed by atoms with Gasteiger partial charge in [0.25, 0.3) is 0 Å². The number of aromatic nitrogens is 3. The first-order valence-corrected chi connectivity index (χ1v) is 10.6. The summed E-state index contributed by atoms with van der Waals surface area (Å²) in [6, 6.07) is 7.83. The molecule has 0 radical (unpaired) electrons. The van der Waals surface area contributed by atoms with Crippen molar-refractivity contribution in [1.82, 2.24) is 30.7 Å². The van der Waals surface area contributed by atoms with Gasteiger partial charge in [-0.3, -0.25) is 10.00 Å². The van der Waals surface area contributed by atoms with Gasteiger partial charge < -0.3 is 19.5 Å². The number of nitrogens with zero attached hydrogens (tertiary/aromatic N) is 4. The van der Waals surface area contributed by atoms with Gasteiger partial charge in [-0.2, -0.15) is 0 Å². The molecule has 3 N–H and O–H groups in total. The molecule has 4 rings (SSSR count). The Balaban J connectivity index is 0.00000272. The van der Waals surface area contributed by atoms with Gasteiger partial charge in [0.15, 0.2) is 11.7 Å². The number of aromatic amines is 1. The van der Waals surface area contributed by atoms with Crippen LogP contribution in [0.15, 0.2) is 50.6 Å². The summed E-state index contributed by atoms with van der Waals surface area (Å²) < 4.78 is 11.1. The molecule has 4 heterocycles. The lowest BCUT2D eigenvalue weighted by atomic mass is 10.1.